The molecule has 1 heterocycles. The summed E-state index contributed by atoms with van der Waals surface area (Å²) in [7, 11) is 5.90. The Morgan fingerprint density at radius 1 is 1.03 bits per heavy atom. The second-order valence-electron chi connectivity index (χ2n) is 6.59. The summed E-state index contributed by atoms with van der Waals surface area (Å²) in [6.07, 6.45) is 1.34. The number of methoxy groups -OCH3 is 3. The van der Waals surface area contributed by atoms with Gasteiger partial charge in [-0.2, -0.15) is 0 Å². The molecule has 1 aromatic heterocycles. The van der Waals surface area contributed by atoms with Gasteiger partial charge in [-0.05, 0) is 37.1 Å². The molecule has 0 aliphatic carbocycles. The standard InChI is InChI=1S/C22H29NO8/c1-15(23-28-5)6-7-17-8-9-19(31-17)22-16(11-21(24)27-4)10-18(29-13-25-2)12-20(22)30-14-26-3/h8-10,12H,6-7,11,13-14H2,1-5H3/b23-15-. The first-order valence-corrected chi connectivity index (χ1v) is 9.65. The van der Waals surface area contributed by atoms with E-state index in [-0.39, 0.29) is 20.0 Å². The summed E-state index contributed by atoms with van der Waals surface area (Å²) in [6, 6.07) is 7.16. The topological polar surface area (TPSA) is 98.0 Å². The third kappa shape index (κ3) is 7.30. The predicted octanol–water partition coefficient (Wildman–Crippen LogP) is 3.58. The van der Waals surface area contributed by atoms with Crippen molar-refractivity contribution in [2.75, 3.05) is 42.0 Å². The van der Waals surface area contributed by atoms with Crippen LogP contribution in [-0.2, 0) is 36.7 Å². The Kier molecular flexibility index (Phi) is 9.86. The quantitative estimate of drug-likeness (QED) is 0.204. The fraction of sp³-hybridized carbons (Fsp3) is 0.455. The van der Waals surface area contributed by atoms with Crippen LogP contribution in [-0.4, -0.2) is 53.7 Å². The molecule has 1 aromatic carbocycles. The van der Waals surface area contributed by atoms with Crippen molar-refractivity contribution in [3.63, 3.8) is 0 Å². The molecule has 0 radical (unpaired) electrons. The van der Waals surface area contributed by atoms with Gasteiger partial charge < -0.3 is 32.9 Å². The Balaban J connectivity index is 2.44. The molecule has 0 saturated heterocycles. The predicted molar refractivity (Wildman–Crippen MR) is 113 cm³/mol. The van der Waals surface area contributed by atoms with Crippen molar-refractivity contribution in [2.24, 2.45) is 5.16 Å². The number of esters is 1. The number of carbonyl (C=O) groups excluding carboxylic acids is 1. The third-order valence-electron chi connectivity index (χ3n) is 4.28. The normalized spacial score (nSPS) is 11.3. The molecule has 2 aromatic rings. The molecule has 0 unspecified atom stereocenters. The highest BCUT2D eigenvalue weighted by Gasteiger charge is 2.21. The van der Waals surface area contributed by atoms with E-state index in [2.05, 4.69) is 5.16 Å². The van der Waals surface area contributed by atoms with Gasteiger partial charge >= 0.3 is 5.97 Å². The molecule has 0 bridgehead atoms. The summed E-state index contributed by atoms with van der Waals surface area (Å²) in [6.45, 7) is 1.95. The van der Waals surface area contributed by atoms with Crippen LogP contribution in [0, 0.1) is 0 Å². The highest BCUT2D eigenvalue weighted by Crippen LogP contribution is 2.39. The number of rotatable bonds is 13. The minimum atomic E-state index is -0.402. The average Bonchev–Trinajstić information content (AvgIpc) is 3.23. The van der Waals surface area contributed by atoms with Gasteiger partial charge in [-0.1, -0.05) is 5.16 Å². The van der Waals surface area contributed by atoms with Crippen LogP contribution in [0.3, 0.4) is 0 Å². The number of aryl methyl sites for hydroxylation is 1. The smallest absolute Gasteiger partial charge is 0.310 e. The third-order valence-corrected chi connectivity index (χ3v) is 4.28. The molecule has 170 valence electrons. The maximum absolute atomic E-state index is 12.1. The van der Waals surface area contributed by atoms with Gasteiger partial charge in [-0.3, -0.25) is 4.79 Å². The Morgan fingerprint density at radius 3 is 2.45 bits per heavy atom. The lowest BCUT2D eigenvalue weighted by atomic mass is 10.0. The van der Waals surface area contributed by atoms with Gasteiger partial charge in [-0.15, -0.1) is 0 Å². The van der Waals surface area contributed by atoms with E-state index in [9.17, 15) is 4.79 Å². The SMILES string of the molecule is COCOc1cc(CC(=O)OC)c(-c2ccc(CC/C(C)=N\OC)o2)c(OCOC)c1. The lowest BCUT2D eigenvalue weighted by Crippen LogP contribution is -2.09. The Morgan fingerprint density at radius 2 is 1.77 bits per heavy atom. The summed E-state index contributed by atoms with van der Waals surface area (Å²) in [5.41, 5.74) is 2.11. The number of carbonyl (C=O) groups is 1. The molecule has 0 saturated carbocycles. The Labute approximate surface area is 181 Å². The van der Waals surface area contributed by atoms with Gasteiger partial charge in [0, 0.05) is 26.7 Å². The van der Waals surface area contributed by atoms with Crippen LogP contribution in [0.1, 0.15) is 24.7 Å². The van der Waals surface area contributed by atoms with E-state index in [0.29, 0.717) is 41.2 Å². The average molecular weight is 435 g/mol. The second-order valence-corrected chi connectivity index (χ2v) is 6.59. The number of benzene rings is 1. The highest BCUT2D eigenvalue weighted by molar-refractivity contribution is 5.82. The first kappa shape index (κ1) is 24.2. The van der Waals surface area contributed by atoms with Crippen molar-refractivity contribution < 1.29 is 37.7 Å². The molecule has 0 N–H and O–H groups in total. The van der Waals surface area contributed by atoms with E-state index in [0.717, 1.165) is 11.5 Å². The van der Waals surface area contributed by atoms with E-state index >= 15 is 0 Å². The van der Waals surface area contributed by atoms with Crippen molar-refractivity contribution >= 4 is 11.7 Å². The zero-order valence-electron chi connectivity index (χ0n) is 18.6. The molecule has 0 spiro atoms. The summed E-state index contributed by atoms with van der Waals surface area (Å²) in [5.74, 6) is 1.85. The number of nitrogens with zero attached hydrogens (tertiary/aromatic N) is 1. The van der Waals surface area contributed by atoms with Crippen LogP contribution < -0.4 is 9.47 Å². The lowest BCUT2D eigenvalue weighted by Gasteiger charge is -2.16. The van der Waals surface area contributed by atoms with Gasteiger partial charge in [0.05, 0.1) is 24.8 Å². The maximum atomic E-state index is 12.1. The molecule has 2 rings (SSSR count). The second kappa shape index (κ2) is 12.6. The number of hydrogen-bond donors (Lipinski definition) is 0. The zero-order valence-corrected chi connectivity index (χ0v) is 18.6. The molecule has 9 heteroatoms. The molecular weight excluding hydrogens is 406 g/mol. The fourth-order valence-corrected chi connectivity index (χ4v) is 2.89. The van der Waals surface area contributed by atoms with Gasteiger partial charge in [0.25, 0.3) is 0 Å². The lowest BCUT2D eigenvalue weighted by molar-refractivity contribution is -0.139. The Hall–Kier alpha value is -3.04. The van der Waals surface area contributed by atoms with Gasteiger partial charge in [0.15, 0.2) is 13.6 Å². The minimum Gasteiger partial charge on any atom is -0.469 e. The van der Waals surface area contributed by atoms with Gasteiger partial charge in [0.2, 0.25) is 0 Å². The number of oxime groups is 1. The van der Waals surface area contributed by atoms with Crippen molar-refractivity contribution in [2.45, 2.75) is 26.2 Å². The van der Waals surface area contributed by atoms with Crippen molar-refractivity contribution in [1.82, 2.24) is 0 Å². The molecule has 0 atom stereocenters. The molecule has 31 heavy (non-hydrogen) atoms. The van der Waals surface area contributed by atoms with E-state index in [1.54, 1.807) is 12.1 Å². The van der Waals surface area contributed by atoms with Crippen LogP contribution >= 0.6 is 0 Å². The van der Waals surface area contributed by atoms with Crippen molar-refractivity contribution in [1.29, 1.82) is 0 Å². The molecule has 9 nitrogen and oxygen atoms in total. The summed E-state index contributed by atoms with van der Waals surface area (Å²) in [5, 5.41) is 3.91. The number of ether oxygens (including phenoxy) is 5. The van der Waals surface area contributed by atoms with Crippen LogP contribution in [0.4, 0.5) is 0 Å². The maximum Gasteiger partial charge on any atom is 0.310 e. The number of hydrogen-bond acceptors (Lipinski definition) is 9. The zero-order chi connectivity index (χ0) is 22.6. The summed E-state index contributed by atoms with van der Waals surface area (Å²) in [4.78, 5) is 16.8. The monoisotopic (exact) mass is 435 g/mol. The van der Waals surface area contributed by atoms with Gasteiger partial charge in [-0.25, -0.2) is 0 Å². The summed E-state index contributed by atoms with van der Waals surface area (Å²) >= 11 is 0. The molecule has 0 amide bonds. The largest absolute Gasteiger partial charge is 0.469 e. The minimum absolute atomic E-state index is 0.00892. The van der Waals surface area contributed by atoms with E-state index < -0.39 is 5.97 Å². The van der Waals surface area contributed by atoms with Crippen molar-refractivity contribution in [3.8, 4) is 22.8 Å². The van der Waals surface area contributed by atoms with E-state index in [1.165, 1.54) is 28.4 Å². The van der Waals surface area contributed by atoms with E-state index in [1.807, 2.05) is 19.1 Å². The van der Waals surface area contributed by atoms with E-state index in [4.69, 9.17) is 32.9 Å². The Bertz CT molecular complexity index is 874. The molecule has 0 aliphatic rings. The first-order valence-electron chi connectivity index (χ1n) is 9.65. The molecule has 0 aliphatic heterocycles. The highest BCUT2D eigenvalue weighted by atomic mass is 16.7. The van der Waals surface area contributed by atoms with Crippen LogP contribution in [0.5, 0.6) is 11.5 Å². The van der Waals surface area contributed by atoms with Crippen LogP contribution in [0.25, 0.3) is 11.3 Å². The molecule has 0 fully saturated rings. The first-order chi connectivity index (χ1) is 15.0. The van der Waals surface area contributed by atoms with Crippen LogP contribution in [0.2, 0.25) is 0 Å². The number of furan rings is 1. The summed E-state index contributed by atoms with van der Waals surface area (Å²) < 4.78 is 32.3. The van der Waals surface area contributed by atoms with Crippen molar-refractivity contribution in [3.05, 3.63) is 35.6 Å². The fourth-order valence-electron chi connectivity index (χ4n) is 2.89. The molecular formula is C22H29NO8. The van der Waals surface area contributed by atoms with Gasteiger partial charge in [0.1, 0.15) is 30.1 Å². The van der Waals surface area contributed by atoms with Crippen LogP contribution in [0.15, 0.2) is 33.8 Å².